The molecule has 0 aliphatic rings. The average Bonchev–Trinajstić information content (AvgIpc) is 2.99. The number of nitrogens with one attached hydrogen (secondary N) is 1. The lowest BCUT2D eigenvalue weighted by Gasteiger charge is -2.33. The van der Waals surface area contributed by atoms with Crippen LogP contribution in [0.1, 0.15) is 39.7 Å². The van der Waals surface area contributed by atoms with Gasteiger partial charge in [0.25, 0.3) is 10.0 Å². The lowest BCUT2D eigenvalue weighted by molar-refractivity contribution is -0.139. The molecule has 0 aliphatic heterocycles. The van der Waals surface area contributed by atoms with E-state index in [2.05, 4.69) is 5.32 Å². The molecule has 0 spiro atoms. The Morgan fingerprint density at radius 2 is 1.67 bits per heavy atom. The molecular weight excluding hydrogens is 629 g/mol. The highest BCUT2D eigenvalue weighted by atomic mass is 35.5. The Morgan fingerprint density at radius 1 is 1.00 bits per heavy atom. The van der Waals surface area contributed by atoms with Crippen molar-refractivity contribution in [2.75, 3.05) is 23.7 Å². The maximum absolute atomic E-state index is 14.2. The van der Waals surface area contributed by atoms with Gasteiger partial charge in [-0.25, -0.2) is 8.42 Å². The van der Waals surface area contributed by atoms with Crippen LogP contribution in [0.25, 0.3) is 0 Å². The molecule has 1 N–H and O–H groups in total. The summed E-state index contributed by atoms with van der Waals surface area (Å²) in [6.07, 6.45) is 2.60. The maximum atomic E-state index is 14.2. The molecule has 2 atom stereocenters. The van der Waals surface area contributed by atoms with Crippen molar-refractivity contribution in [3.8, 4) is 5.75 Å². The highest BCUT2D eigenvalue weighted by molar-refractivity contribution is 7.98. The van der Waals surface area contributed by atoms with Gasteiger partial charge < -0.3 is 15.0 Å². The fraction of sp³-hybridized carbons (Fsp3) is 0.355. The lowest BCUT2D eigenvalue weighted by atomic mass is 10.1. The SMILES string of the molecule is CCOc1ccccc1N(CC(=O)N(Cc1ccc(Cl)cc1Cl)C(C)C(=O)NC(C)CC)S(=O)(=O)c1ccc(SC)cc1. The topological polar surface area (TPSA) is 96.0 Å². The average molecular weight is 667 g/mol. The number of halogens is 2. The van der Waals surface area contributed by atoms with E-state index in [1.54, 1.807) is 68.4 Å². The minimum atomic E-state index is -4.25. The Hall–Kier alpha value is -2.92. The van der Waals surface area contributed by atoms with E-state index < -0.39 is 28.5 Å². The summed E-state index contributed by atoms with van der Waals surface area (Å²) in [4.78, 5) is 29.7. The maximum Gasteiger partial charge on any atom is 0.264 e. The number of ether oxygens (including phenoxy) is 1. The molecule has 3 aromatic carbocycles. The van der Waals surface area contributed by atoms with Crippen LogP contribution in [-0.2, 0) is 26.2 Å². The molecule has 0 heterocycles. The molecule has 43 heavy (non-hydrogen) atoms. The van der Waals surface area contributed by atoms with E-state index in [4.69, 9.17) is 27.9 Å². The first kappa shape index (κ1) is 34.6. The molecule has 3 rings (SSSR count). The summed E-state index contributed by atoms with van der Waals surface area (Å²) in [5.74, 6) is -0.671. The minimum Gasteiger partial charge on any atom is -0.492 e. The summed E-state index contributed by atoms with van der Waals surface area (Å²) in [5.41, 5.74) is 0.757. The van der Waals surface area contributed by atoms with Crippen LogP contribution in [0.2, 0.25) is 10.0 Å². The largest absolute Gasteiger partial charge is 0.492 e. The second-order valence-corrected chi connectivity index (χ2v) is 13.4. The zero-order valence-corrected chi connectivity index (χ0v) is 28.0. The first-order valence-corrected chi connectivity index (χ1v) is 17.3. The number of benzene rings is 3. The normalized spacial score (nSPS) is 12.7. The van der Waals surface area contributed by atoms with Crippen LogP contribution < -0.4 is 14.4 Å². The van der Waals surface area contributed by atoms with Crippen LogP contribution >= 0.6 is 35.0 Å². The number of amides is 2. The summed E-state index contributed by atoms with van der Waals surface area (Å²) in [7, 11) is -4.25. The summed E-state index contributed by atoms with van der Waals surface area (Å²) in [6.45, 7) is 6.85. The number of anilines is 1. The Labute approximate surface area is 268 Å². The van der Waals surface area contributed by atoms with E-state index in [0.717, 1.165) is 9.20 Å². The van der Waals surface area contributed by atoms with Crippen molar-refractivity contribution in [2.24, 2.45) is 0 Å². The molecule has 0 bridgehead atoms. The molecular formula is C31H37Cl2N3O5S2. The predicted octanol–water partition coefficient (Wildman–Crippen LogP) is 6.64. The molecule has 232 valence electrons. The van der Waals surface area contributed by atoms with Gasteiger partial charge in [-0.05, 0) is 87.5 Å². The van der Waals surface area contributed by atoms with Crippen LogP contribution in [-0.4, -0.2) is 56.6 Å². The third-order valence-corrected chi connectivity index (χ3v) is 9.99. The standard InChI is InChI=1S/C31H37Cl2N3O5S2/c1-6-21(3)34-31(38)22(4)35(19-23-12-13-24(32)18-27(23)33)30(37)20-36(28-10-8-9-11-29(28)41-7-2)43(39,40)26-16-14-25(42-5)15-17-26/h8-18,21-22H,6-7,19-20H2,1-5H3,(H,34,38). The van der Waals surface area contributed by atoms with Crippen molar-refractivity contribution in [3.63, 3.8) is 0 Å². The Kier molecular flexibility index (Phi) is 12.6. The molecule has 0 fully saturated rings. The van der Waals surface area contributed by atoms with Gasteiger partial charge in [0.15, 0.2) is 0 Å². The van der Waals surface area contributed by atoms with Crippen LogP contribution in [0, 0.1) is 0 Å². The van der Waals surface area contributed by atoms with Gasteiger partial charge in [-0.1, -0.05) is 48.3 Å². The molecule has 0 aliphatic carbocycles. The van der Waals surface area contributed by atoms with E-state index in [9.17, 15) is 18.0 Å². The van der Waals surface area contributed by atoms with Crippen molar-refractivity contribution in [1.82, 2.24) is 10.2 Å². The zero-order valence-electron chi connectivity index (χ0n) is 24.8. The number of nitrogens with zero attached hydrogens (tertiary/aromatic N) is 2. The first-order chi connectivity index (χ1) is 20.4. The van der Waals surface area contributed by atoms with Crippen molar-refractivity contribution in [3.05, 3.63) is 82.3 Å². The number of hydrogen-bond acceptors (Lipinski definition) is 6. The van der Waals surface area contributed by atoms with Crippen molar-refractivity contribution in [1.29, 1.82) is 0 Å². The molecule has 2 amide bonds. The first-order valence-electron chi connectivity index (χ1n) is 13.8. The monoisotopic (exact) mass is 665 g/mol. The fourth-order valence-corrected chi connectivity index (χ4v) is 6.51. The molecule has 12 heteroatoms. The van der Waals surface area contributed by atoms with Crippen LogP contribution in [0.5, 0.6) is 5.75 Å². The Bertz CT molecular complexity index is 1520. The Morgan fingerprint density at radius 3 is 2.28 bits per heavy atom. The van der Waals surface area contributed by atoms with Gasteiger partial charge in [0.05, 0.1) is 17.2 Å². The third kappa shape index (κ3) is 8.81. The predicted molar refractivity (Wildman–Crippen MR) is 175 cm³/mol. The molecule has 3 aromatic rings. The van der Waals surface area contributed by atoms with Crippen molar-refractivity contribution in [2.45, 2.75) is 62.5 Å². The van der Waals surface area contributed by atoms with Crippen LogP contribution in [0.3, 0.4) is 0 Å². The van der Waals surface area contributed by atoms with Crippen molar-refractivity contribution < 1.29 is 22.7 Å². The molecule has 8 nitrogen and oxygen atoms in total. The second-order valence-electron chi connectivity index (χ2n) is 9.84. The number of thioether (sulfide) groups is 1. The molecule has 0 saturated carbocycles. The van der Waals surface area contributed by atoms with E-state index >= 15 is 0 Å². The second kappa shape index (κ2) is 15.7. The molecule has 0 saturated heterocycles. The van der Waals surface area contributed by atoms with E-state index in [1.807, 2.05) is 20.1 Å². The van der Waals surface area contributed by atoms with Gasteiger partial charge in [0.1, 0.15) is 18.3 Å². The number of carbonyl (C=O) groups is 2. The van der Waals surface area contributed by atoms with Gasteiger partial charge in [0, 0.05) is 27.5 Å². The lowest BCUT2D eigenvalue weighted by Crippen LogP contribution is -2.52. The summed E-state index contributed by atoms with van der Waals surface area (Å²) < 4.78 is 35.1. The van der Waals surface area contributed by atoms with Gasteiger partial charge in [-0.3, -0.25) is 13.9 Å². The Balaban J connectivity index is 2.10. The summed E-state index contributed by atoms with van der Waals surface area (Å²) >= 11 is 14.0. The smallest absolute Gasteiger partial charge is 0.264 e. The van der Waals surface area contributed by atoms with Crippen LogP contribution in [0.4, 0.5) is 5.69 Å². The van der Waals surface area contributed by atoms with E-state index in [-0.39, 0.29) is 35.7 Å². The van der Waals surface area contributed by atoms with Gasteiger partial charge in [0.2, 0.25) is 11.8 Å². The fourth-order valence-electron chi connectivity index (χ4n) is 4.21. The molecule has 0 aromatic heterocycles. The van der Waals surface area contributed by atoms with Gasteiger partial charge in [-0.15, -0.1) is 11.8 Å². The quantitative estimate of drug-likeness (QED) is 0.194. The minimum absolute atomic E-state index is 0.0132. The molecule has 0 radical (unpaired) electrons. The number of rotatable bonds is 14. The highest BCUT2D eigenvalue weighted by Gasteiger charge is 2.34. The van der Waals surface area contributed by atoms with Crippen molar-refractivity contribution >= 4 is 62.5 Å². The number of hydrogen-bond donors (Lipinski definition) is 1. The number of para-hydroxylation sites is 2. The molecule has 2 unspecified atom stereocenters. The summed E-state index contributed by atoms with van der Waals surface area (Å²) in [5, 5.41) is 3.65. The third-order valence-electron chi connectivity index (χ3n) is 6.88. The summed E-state index contributed by atoms with van der Waals surface area (Å²) in [6, 6.07) is 16.9. The zero-order chi connectivity index (χ0) is 31.7. The van der Waals surface area contributed by atoms with E-state index in [0.29, 0.717) is 27.8 Å². The number of sulfonamides is 1. The van der Waals surface area contributed by atoms with Gasteiger partial charge in [-0.2, -0.15) is 0 Å². The highest BCUT2D eigenvalue weighted by Crippen LogP contribution is 2.33. The van der Waals surface area contributed by atoms with Gasteiger partial charge >= 0.3 is 0 Å². The van der Waals surface area contributed by atoms with Crippen LogP contribution in [0.15, 0.2) is 76.5 Å². The number of carbonyl (C=O) groups excluding carboxylic acids is 2. The van der Waals surface area contributed by atoms with E-state index in [1.165, 1.54) is 28.8 Å².